The van der Waals surface area contributed by atoms with Crippen molar-refractivity contribution in [2.24, 2.45) is 11.8 Å². The molecule has 0 aliphatic rings. The molecule has 0 spiro atoms. The summed E-state index contributed by atoms with van der Waals surface area (Å²) < 4.78 is 13.9. The zero-order valence-corrected chi connectivity index (χ0v) is 10.9. The number of hydrogen-bond donors (Lipinski definition) is 2. The number of aliphatic hydroxyl groups is 2. The van der Waals surface area contributed by atoms with Gasteiger partial charge in [0.2, 0.25) is 0 Å². The highest BCUT2D eigenvalue weighted by molar-refractivity contribution is 5.23. The van der Waals surface area contributed by atoms with Crippen LogP contribution >= 0.6 is 0 Å². The molecule has 18 heavy (non-hydrogen) atoms. The SMILES string of the molecule is CC(C)CC(/C=C(\F)C(O)c1ccccc1)CO. The van der Waals surface area contributed by atoms with E-state index in [1.807, 2.05) is 19.9 Å². The molecular weight excluding hydrogens is 231 g/mol. The Morgan fingerprint density at radius 1 is 1.28 bits per heavy atom. The van der Waals surface area contributed by atoms with Gasteiger partial charge in [0.05, 0.1) is 0 Å². The third-order valence-corrected chi connectivity index (χ3v) is 2.78. The maximum absolute atomic E-state index is 13.9. The predicted octanol–water partition coefficient (Wildman–Crippen LogP) is 3.23. The third kappa shape index (κ3) is 4.59. The Labute approximate surface area is 108 Å². The van der Waals surface area contributed by atoms with Crippen LogP contribution in [0.1, 0.15) is 31.9 Å². The second kappa shape index (κ2) is 7.29. The van der Waals surface area contributed by atoms with Crippen molar-refractivity contribution in [3.05, 3.63) is 47.8 Å². The van der Waals surface area contributed by atoms with Crippen LogP contribution in [0, 0.1) is 11.8 Å². The molecule has 1 aromatic carbocycles. The number of benzene rings is 1. The van der Waals surface area contributed by atoms with Crippen molar-refractivity contribution in [3.63, 3.8) is 0 Å². The molecule has 1 aromatic rings. The molecule has 0 amide bonds. The number of rotatable bonds is 6. The van der Waals surface area contributed by atoms with Gasteiger partial charge in [-0.1, -0.05) is 44.2 Å². The van der Waals surface area contributed by atoms with Crippen molar-refractivity contribution in [3.8, 4) is 0 Å². The Morgan fingerprint density at radius 3 is 2.39 bits per heavy atom. The van der Waals surface area contributed by atoms with E-state index >= 15 is 0 Å². The highest BCUT2D eigenvalue weighted by Crippen LogP contribution is 2.25. The summed E-state index contributed by atoms with van der Waals surface area (Å²) >= 11 is 0. The fourth-order valence-electron chi connectivity index (χ4n) is 1.91. The minimum Gasteiger partial charge on any atom is -0.396 e. The highest BCUT2D eigenvalue weighted by atomic mass is 19.1. The zero-order valence-electron chi connectivity index (χ0n) is 10.9. The molecule has 2 unspecified atom stereocenters. The van der Waals surface area contributed by atoms with E-state index in [4.69, 9.17) is 0 Å². The van der Waals surface area contributed by atoms with Crippen LogP contribution in [-0.4, -0.2) is 16.8 Å². The van der Waals surface area contributed by atoms with Gasteiger partial charge in [-0.25, -0.2) is 4.39 Å². The second-order valence-corrected chi connectivity index (χ2v) is 4.94. The van der Waals surface area contributed by atoms with Gasteiger partial charge < -0.3 is 10.2 Å². The van der Waals surface area contributed by atoms with Gasteiger partial charge in [0.1, 0.15) is 11.9 Å². The van der Waals surface area contributed by atoms with Crippen molar-refractivity contribution < 1.29 is 14.6 Å². The van der Waals surface area contributed by atoms with Crippen molar-refractivity contribution >= 4 is 0 Å². The van der Waals surface area contributed by atoms with Crippen LogP contribution in [0.25, 0.3) is 0 Å². The van der Waals surface area contributed by atoms with Gasteiger partial charge in [-0.2, -0.15) is 0 Å². The lowest BCUT2D eigenvalue weighted by atomic mass is 9.96. The van der Waals surface area contributed by atoms with E-state index < -0.39 is 11.9 Å². The minimum absolute atomic E-state index is 0.104. The molecule has 3 heteroatoms. The monoisotopic (exact) mass is 252 g/mol. The topological polar surface area (TPSA) is 40.5 Å². The normalized spacial score (nSPS) is 15.8. The first-order chi connectivity index (χ1) is 8.54. The van der Waals surface area contributed by atoms with E-state index in [0.717, 1.165) is 0 Å². The molecule has 0 heterocycles. The number of hydrogen-bond acceptors (Lipinski definition) is 2. The van der Waals surface area contributed by atoms with Crippen LogP contribution in [-0.2, 0) is 0 Å². The Hall–Kier alpha value is -1.19. The molecule has 0 radical (unpaired) electrons. The lowest BCUT2D eigenvalue weighted by Gasteiger charge is -2.14. The van der Waals surface area contributed by atoms with Gasteiger partial charge in [0.15, 0.2) is 0 Å². The minimum atomic E-state index is -1.24. The maximum Gasteiger partial charge on any atom is 0.130 e. The summed E-state index contributed by atoms with van der Waals surface area (Å²) in [6.07, 6.45) is 0.788. The Bertz CT molecular complexity index is 373. The van der Waals surface area contributed by atoms with E-state index in [2.05, 4.69) is 0 Å². The van der Waals surface area contributed by atoms with Crippen molar-refractivity contribution in [2.45, 2.75) is 26.4 Å². The summed E-state index contributed by atoms with van der Waals surface area (Å²) in [6.45, 7) is 3.93. The molecule has 0 bridgehead atoms. The first kappa shape index (κ1) is 14.9. The summed E-state index contributed by atoms with van der Waals surface area (Å²) in [5.74, 6) is -0.468. The summed E-state index contributed by atoms with van der Waals surface area (Å²) in [7, 11) is 0. The van der Waals surface area contributed by atoms with Gasteiger partial charge in [0.25, 0.3) is 0 Å². The predicted molar refractivity (Wildman–Crippen MR) is 70.6 cm³/mol. The van der Waals surface area contributed by atoms with Crippen molar-refractivity contribution in [1.82, 2.24) is 0 Å². The molecular formula is C15H21FO2. The van der Waals surface area contributed by atoms with Gasteiger partial charge in [-0.15, -0.1) is 0 Å². The molecule has 0 aromatic heterocycles. The Morgan fingerprint density at radius 2 is 1.89 bits per heavy atom. The van der Waals surface area contributed by atoms with Gasteiger partial charge in [0, 0.05) is 12.5 Å². The second-order valence-electron chi connectivity index (χ2n) is 4.94. The molecule has 0 aliphatic heterocycles. The van der Waals surface area contributed by atoms with Gasteiger partial charge in [-0.05, 0) is 24.0 Å². The summed E-state index contributed by atoms with van der Waals surface area (Å²) in [5.41, 5.74) is 0.521. The maximum atomic E-state index is 13.9. The third-order valence-electron chi connectivity index (χ3n) is 2.78. The fraction of sp³-hybridized carbons (Fsp3) is 0.467. The first-order valence-electron chi connectivity index (χ1n) is 6.25. The first-order valence-corrected chi connectivity index (χ1v) is 6.25. The summed E-state index contributed by atoms with van der Waals surface area (Å²) in [6, 6.07) is 8.67. The highest BCUT2D eigenvalue weighted by Gasteiger charge is 2.16. The van der Waals surface area contributed by atoms with Crippen LogP contribution in [0.2, 0.25) is 0 Å². The molecule has 0 aliphatic carbocycles. The average Bonchev–Trinajstić information content (AvgIpc) is 2.37. The Balaban J connectivity index is 2.75. The van der Waals surface area contributed by atoms with Crippen molar-refractivity contribution in [1.29, 1.82) is 0 Å². The summed E-state index contributed by atoms with van der Waals surface area (Å²) in [5, 5.41) is 19.0. The molecule has 100 valence electrons. The number of aliphatic hydroxyl groups excluding tert-OH is 2. The van der Waals surface area contributed by atoms with Crippen LogP contribution < -0.4 is 0 Å². The molecule has 1 rings (SSSR count). The van der Waals surface area contributed by atoms with Gasteiger partial charge >= 0.3 is 0 Å². The molecule has 0 fully saturated rings. The largest absolute Gasteiger partial charge is 0.396 e. The average molecular weight is 252 g/mol. The lowest BCUT2D eigenvalue weighted by Crippen LogP contribution is -2.08. The van der Waals surface area contributed by atoms with E-state index in [9.17, 15) is 14.6 Å². The van der Waals surface area contributed by atoms with Crippen LogP contribution in [0.4, 0.5) is 4.39 Å². The van der Waals surface area contributed by atoms with E-state index in [-0.39, 0.29) is 12.5 Å². The van der Waals surface area contributed by atoms with Crippen LogP contribution in [0.3, 0.4) is 0 Å². The molecule has 2 atom stereocenters. The summed E-state index contributed by atoms with van der Waals surface area (Å²) in [4.78, 5) is 0. The number of halogens is 1. The van der Waals surface area contributed by atoms with Crippen LogP contribution in [0.5, 0.6) is 0 Å². The molecule has 0 saturated heterocycles. The Kier molecular flexibility index (Phi) is 6.02. The molecule has 2 N–H and O–H groups in total. The molecule has 2 nitrogen and oxygen atoms in total. The van der Waals surface area contributed by atoms with Crippen LogP contribution in [0.15, 0.2) is 42.2 Å². The lowest BCUT2D eigenvalue weighted by molar-refractivity contribution is 0.179. The van der Waals surface area contributed by atoms with E-state index in [1.165, 1.54) is 6.08 Å². The zero-order chi connectivity index (χ0) is 13.5. The standard InChI is InChI=1S/C15H21FO2/c1-11(2)8-12(10-17)9-14(16)15(18)13-6-4-3-5-7-13/h3-7,9,11-12,15,17-18H,8,10H2,1-2H3/b14-9-. The van der Waals surface area contributed by atoms with E-state index in [0.29, 0.717) is 17.9 Å². The van der Waals surface area contributed by atoms with E-state index in [1.54, 1.807) is 24.3 Å². The van der Waals surface area contributed by atoms with Crippen molar-refractivity contribution in [2.75, 3.05) is 6.61 Å². The van der Waals surface area contributed by atoms with Gasteiger partial charge in [-0.3, -0.25) is 0 Å². The molecule has 0 saturated carbocycles. The smallest absolute Gasteiger partial charge is 0.130 e. The fourth-order valence-corrected chi connectivity index (χ4v) is 1.91. The quantitative estimate of drug-likeness (QED) is 0.816.